The summed E-state index contributed by atoms with van der Waals surface area (Å²) in [6.07, 6.45) is 4.36. The van der Waals surface area contributed by atoms with E-state index in [1.165, 1.54) is 5.56 Å². The molecule has 0 radical (unpaired) electrons. The molecule has 1 amide bonds. The Morgan fingerprint density at radius 3 is 2.33 bits per heavy atom. The van der Waals surface area contributed by atoms with Crippen molar-refractivity contribution >= 4 is 34.6 Å². The first-order valence-corrected chi connectivity index (χ1v) is 9.29. The van der Waals surface area contributed by atoms with Crippen LogP contribution in [-0.4, -0.2) is 48.4 Å². The van der Waals surface area contributed by atoms with Gasteiger partial charge in [-0.25, -0.2) is 0 Å². The third-order valence-corrected chi connectivity index (χ3v) is 5.18. The van der Waals surface area contributed by atoms with Crippen LogP contribution < -0.4 is 0 Å². The Labute approximate surface area is 157 Å². The zero-order chi connectivity index (χ0) is 16.8. The molecular weight excluding hydrogens is 411 g/mol. The number of piperazine rings is 1. The van der Waals surface area contributed by atoms with Crippen LogP contribution in [0.2, 0.25) is 0 Å². The Morgan fingerprint density at radius 1 is 0.958 bits per heavy atom. The Hall–Kier alpha value is -1.66. The Bertz CT molecular complexity index is 707. The summed E-state index contributed by atoms with van der Waals surface area (Å²) in [5, 5.41) is 0. The van der Waals surface area contributed by atoms with Gasteiger partial charge in [0.1, 0.15) is 0 Å². The van der Waals surface area contributed by atoms with Gasteiger partial charge < -0.3 is 4.90 Å². The van der Waals surface area contributed by atoms with E-state index in [-0.39, 0.29) is 5.91 Å². The molecule has 4 heteroatoms. The fourth-order valence-electron chi connectivity index (χ4n) is 2.84. The molecule has 0 unspecified atom stereocenters. The summed E-state index contributed by atoms with van der Waals surface area (Å²) < 4.78 is 1.02. The molecule has 24 heavy (non-hydrogen) atoms. The van der Waals surface area contributed by atoms with E-state index in [0.717, 1.165) is 41.9 Å². The average molecular weight is 432 g/mol. The summed E-state index contributed by atoms with van der Waals surface area (Å²) in [7, 11) is 0. The Morgan fingerprint density at radius 2 is 1.62 bits per heavy atom. The van der Waals surface area contributed by atoms with Crippen molar-refractivity contribution in [1.82, 2.24) is 9.80 Å². The molecule has 1 fully saturated rings. The van der Waals surface area contributed by atoms with E-state index in [0.29, 0.717) is 0 Å². The summed E-state index contributed by atoms with van der Waals surface area (Å²) in [4.78, 5) is 17.0. The van der Waals surface area contributed by atoms with E-state index >= 15 is 0 Å². The summed E-state index contributed by atoms with van der Waals surface area (Å²) >= 11 is 2.23. The molecule has 1 aliphatic heterocycles. The SMILES string of the molecule is O=C(c1ccccc1I)N1CCN(C/C=C/c2ccccc2)CC1. The van der Waals surface area contributed by atoms with Gasteiger partial charge in [-0.3, -0.25) is 9.69 Å². The highest BCUT2D eigenvalue weighted by Gasteiger charge is 2.22. The molecule has 1 saturated heterocycles. The van der Waals surface area contributed by atoms with Crippen LogP contribution in [0.3, 0.4) is 0 Å². The van der Waals surface area contributed by atoms with Crippen LogP contribution >= 0.6 is 22.6 Å². The molecule has 0 aliphatic carbocycles. The third kappa shape index (κ3) is 4.45. The molecule has 0 N–H and O–H groups in total. The molecule has 0 aromatic heterocycles. The van der Waals surface area contributed by atoms with Gasteiger partial charge in [-0.1, -0.05) is 54.6 Å². The highest BCUT2D eigenvalue weighted by molar-refractivity contribution is 14.1. The van der Waals surface area contributed by atoms with E-state index in [9.17, 15) is 4.79 Å². The van der Waals surface area contributed by atoms with Crippen LogP contribution in [-0.2, 0) is 0 Å². The minimum Gasteiger partial charge on any atom is -0.336 e. The van der Waals surface area contributed by atoms with Crippen LogP contribution in [0.25, 0.3) is 6.08 Å². The molecule has 2 aromatic rings. The monoisotopic (exact) mass is 432 g/mol. The van der Waals surface area contributed by atoms with Gasteiger partial charge in [-0.2, -0.15) is 0 Å². The van der Waals surface area contributed by atoms with Crippen molar-refractivity contribution < 1.29 is 4.79 Å². The molecule has 0 saturated carbocycles. The molecule has 2 aromatic carbocycles. The quantitative estimate of drug-likeness (QED) is 0.688. The predicted molar refractivity (Wildman–Crippen MR) is 107 cm³/mol. The number of halogens is 1. The summed E-state index contributed by atoms with van der Waals surface area (Å²) in [5.74, 6) is 0.152. The summed E-state index contributed by atoms with van der Waals surface area (Å²) in [6.45, 7) is 4.37. The smallest absolute Gasteiger partial charge is 0.255 e. The lowest BCUT2D eigenvalue weighted by Gasteiger charge is -2.34. The summed E-state index contributed by atoms with van der Waals surface area (Å²) in [6, 6.07) is 18.1. The molecule has 3 rings (SSSR count). The number of benzene rings is 2. The van der Waals surface area contributed by atoms with Gasteiger partial charge in [0.2, 0.25) is 0 Å². The number of amides is 1. The normalized spacial score (nSPS) is 15.8. The van der Waals surface area contributed by atoms with Gasteiger partial charge in [0.15, 0.2) is 0 Å². The molecule has 0 spiro atoms. The topological polar surface area (TPSA) is 23.6 Å². The van der Waals surface area contributed by atoms with Crippen molar-refractivity contribution in [3.8, 4) is 0 Å². The maximum absolute atomic E-state index is 12.6. The van der Waals surface area contributed by atoms with Crippen molar-refractivity contribution in [2.75, 3.05) is 32.7 Å². The second kappa shape index (κ2) is 8.44. The van der Waals surface area contributed by atoms with Crippen LogP contribution in [0.4, 0.5) is 0 Å². The van der Waals surface area contributed by atoms with E-state index < -0.39 is 0 Å². The first-order chi connectivity index (χ1) is 11.7. The lowest BCUT2D eigenvalue weighted by Crippen LogP contribution is -2.48. The zero-order valence-corrected chi connectivity index (χ0v) is 15.7. The zero-order valence-electron chi connectivity index (χ0n) is 13.6. The standard InChI is InChI=1S/C20H21IN2O/c21-19-11-5-4-10-18(19)20(24)23-15-13-22(14-16-23)12-6-9-17-7-2-1-3-8-17/h1-11H,12-16H2/b9-6+. The lowest BCUT2D eigenvalue weighted by atomic mass is 10.2. The van der Waals surface area contributed by atoms with Gasteiger partial charge >= 0.3 is 0 Å². The fourth-order valence-corrected chi connectivity index (χ4v) is 3.46. The number of carbonyl (C=O) groups is 1. The molecule has 0 bridgehead atoms. The van der Waals surface area contributed by atoms with Crippen LogP contribution in [0, 0.1) is 3.57 Å². The number of nitrogens with zero attached hydrogens (tertiary/aromatic N) is 2. The van der Waals surface area contributed by atoms with E-state index in [1.54, 1.807) is 0 Å². The number of hydrogen-bond acceptors (Lipinski definition) is 2. The Balaban J connectivity index is 1.50. The maximum atomic E-state index is 12.6. The number of carbonyl (C=O) groups excluding carboxylic acids is 1. The van der Waals surface area contributed by atoms with Gasteiger partial charge in [-0.05, 0) is 40.3 Å². The van der Waals surface area contributed by atoms with Crippen molar-refractivity contribution in [2.24, 2.45) is 0 Å². The first kappa shape index (κ1) is 17.2. The highest BCUT2D eigenvalue weighted by atomic mass is 127. The minimum atomic E-state index is 0.152. The van der Waals surface area contributed by atoms with Crippen molar-refractivity contribution in [2.45, 2.75) is 0 Å². The molecule has 1 heterocycles. The molecule has 0 atom stereocenters. The van der Waals surface area contributed by atoms with Crippen molar-refractivity contribution in [1.29, 1.82) is 0 Å². The van der Waals surface area contributed by atoms with Crippen LogP contribution in [0.1, 0.15) is 15.9 Å². The number of hydrogen-bond donors (Lipinski definition) is 0. The average Bonchev–Trinajstić information content (AvgIpc) is 2.63. The summed E-state index contributed by atoms with van der Waals surface area (Å²) in [5.41, 5.74) is 2.04. The van der Waals surface area contributed by atoms with Gasteiger partial charge in [0.25, 0.3) is 5.91 Å². The van der Waals surface area contributed by atoms with E-state index in [4.69, 9.17) is 0 Å². The largest absolute Gasteiger partial charge is 0.336 e. The Kier molecular flexibility index (Phi) is 6.04. The van der Waals surface area contributed by atoms with Gasteiger partial charge in [0, 0.05) is 36.3 Å². The van der Waals surface area contributed by atoms with Gasteiger partial charge in [0.05, 0.1) is 5.56 Å². The fraction of sp³-hybridized carbons (Fsp3) is 0.250. The molecular formula is C20H21IN2O. The number of rotatable bonds is 4. The van der Waals surface area contributed by atoms with E-state index in [2.05, 4.69) is 63.9 Å². The third-order valence-electron chi connectivity index (χ3n) is 4.24. The molecule has 124 valence electrons. The van der Waals surface area contributed by atoms with Crippen LogP contribution in [0.5, 0.6) is 0 Å². The second-order valence-electron chi connectivity index (χ2n) is 5.89. The van der Waals surface area contributed by atoms with Gasteiger partial charge in [-0.15, -0.1) is 0 Å². The van der Waals surface area contributed by atoms with E-state index in [1.807, 2.05) is 35.2 Å². The first-order valence-electron chi connectivity index (χ1n) is 8.22. The lowest BCUT2D eigenvalue weighted by molar-refractivity contribution is 0.0649. The minimum absolute atomic E-state index is 0.152. The van der Waals surface area contributed by atoms with Crippen LogP contribution in [0.15, 0.2) is 60.7 Å². The second-order valence-corrected chi connectivity index (χ2v) is 7.05. The van der Waals surface area contributed by atoms with Crippen molar-refractivity contribution in [3.63, 3.8) is 0 Å². The van der Waals surface area contributed by atoms with Crippen molar-refractivity contribution in [3.05, 3.63) is 75.4 Å². The predicted octanol–water partition coefficient (Wildman–Crippen LogP) is 3.76. The molecule has 3 nitrogen and oxygen atoms in total. The molecule has 1 aliphatic rings. The highest BCUT2D eigenvalue weighted by Crippen LogP contribution is 2.15. The maximum Gasteiger partial charge on any atom is 0.255 e.